The zero-order valence-electron chi connectivity index (χ0n) is 12.0. The Labute approximate surface area is 120 Å². The second kappa shape index (κ2) is 5.73. The van der Waals surface area contributed by atoms with Gasteiger partial charge in [0.25, 0.3) is 0 Å². The average molecular weight is 274 g/mol. The van der Waals surface area contributed by atoms with Crippen molar-refractivity contribution in [2.45, 2.75) is 32.3 Å². The summed E-state index contributed by atoms with van der Waals surface area (Å²) in [5, 5.41) is 3.01. The largest absolute Gasteiger partial charge is 0.488 e. The molecule has 0 bridgehead atoms. The summed E-state index contributed by atoms with van der Waals surface area (Å²) in [6, 6.07) is 8.13. The van der Waals surface area contributed by atoms with Crippen molar-refractivity contribution in [3.8, 4) is 5.75 Å². The predicted octanol–water partition coefficient (Wildman–Crippen LogP) is 2.43. The number of urea groups is 1. The molecule has 0 spiro atoms. The molecule has 3 rings (SSSR count). The Morgan fingerprint density at radius 1 is 1.35 bits per heavy atom. The Balaban J connectivity index is 1.45. The minimum absolute atomic E-state index is 0.0523. The van der Waals surface area contributed by atoms with Crippen molar-refractivity contribution in [3.05, 3.63) is 29.8 Å². The highest BCUT2D eigenvalue weighted by molar-refractivity contribution is 5.74. The van der Waals surface area contributed by atoms with Gasteiger partial charge >= 0.3 is 6.03 Å². The molecular weight excluding hydrogens is 252 g/mol. The van der Waals surface area contributed by atoms with Crippen LogP contribution in [0.4, 0.5) is 4.79 Å². The molecular formula is C16H22N2O2. The van der Waals surface area contributed by atoms with Gasteiger partial charge in [-0.2, -0.15) is 0 Å². The number of hydrogen-bond acceptors (Lipinski definition) is 2. The Bertz CT molecular complexity index is 456. The molecule has 1 atom stereocenters. The molecule has 2 aliphatic rings. The number of piperidine rings is 1. The van der Waals surface area contributed by atoms with Gasteiger partial charge in [0.2, 0.25) is 0 Å². The lowest BCUT2D eigenvalue weighted by Crippen LogP contribution is -2.46. The number of carbonyl (C=O) groups is 1. The minimum atomic E-state index is 0.0523. The number of fused-ring (bicyclic) bond motifs is 1. The number of hydrogen-bond donors (Lipinski definition) is 1. The highest BCUT2D eigenvalue weighted by Gasteiger charge is 2.24. The molecule has 1 aromatic carbocycles. The normalized spacial score (nSPS) is 22.2. The van der Waals surface area contributed by atoms with E-state index in [-0.39, 0.29) is 12.1 Å². The molecule has 1 unspecified atom stereocenters. The Morgan fingerprint density at radius 2 is 2.10 bits per heavy atom. The molecule has 0 aliphatic carbocycles. The Hall–Kier alpha value is -1.71. The van der Waals surface area contributed by atoms with Crippen LogP contribution in [-0.4, -0.2) is 36.7 Å². The molecule has 1 fully saturated rings. The van der Waals surface area contributed by atoms with Gasteiger partial charge in [0.15, 0.2) is 0 Å². The topological polar surface area (TPSA) is 41.6 Å². The molecule has 2 heterocycles. The maximum atomic E-state index is 12.1. The van der Waals surface area contributed by atoms with Gasteiger partial charge in [-0.15, -0.1) is 0 Å². The van der Waals surface area contributed by atoms with E-state index in [1.807, 2.05) is 23.1 Å². The van der Waals surface area contributed by atoms with Crippen LogP contribution < -0.4 is 10.1 Å². The number of ether oxygens (including phenoxy) is 1. The van der Waals surface area contributed by atoms with Crippen molar-refractivity contribution >= 4 is 6.03 Å². The first kappa shape index (κ1) is 13.3. The van der Waals surface area contributed by atoms with E-state index in [2.05, 4.69) is 18.3 Å². The summed E-state index contributed by atoms with van der Waals surface area (Å²) in [5.41, 5.74) is 1.23. The Morgan fingerprint density at radius 3 is 2.85 bits per heavy atom. The van der Waals surface area contributed by atoms with Crippen molar-refractivity contribution in [2.24, 2.45) is 5.92 Å². The zero-order chi connectivity index (χ0) is 13.9. The monoisotopic (exact) mass is 274 g/mol. The third-order valence-corrected chi connectivity index (χ3v) is 4.27. The van der Waals surface area contributed by atoms with E-state index in [9.17, 15) is 4.79 Å². The third-order valence-electron chi connectivity index (χ3n) is 4.27. The van der Waals surface area contributed by atoms with E-state index in [1.54, 1.807) is 0 Å². The van der Waals surface area contributed by atoms with Gasteiger partial charge in [-0.05, 0) is 30.4 Å². The maximum absolute atomic E-state index is 12.1. The van der Waals surface area contributed by atoms with E-state index in [4.69, 9.17) is 4.74 Å². The maximum Gasteiger partial charge on any atom is 0.317 e. The van der Waals surface area contributed by atoms with Crippen LogP contribution >= 0.6 is 0 Å². The predicted molar refractivity (Wildman–Crippen MR) is 77.9 cm³/mol. The summed E-state index contributed by atoms with van der Waals surface area (Å²) in [4.78, 5) is 14.0. The van der Waals surface area contributed by atoms with E-state index in [0.717, 1.165) is 44.0 Å². The highest BCUT2D eigenvalue weighted by atomic mass is 16.5. The van der Waals surface area contributed by atoms with Crippen LogP contribution in [0.5, 0.6) is 5.75 Å². The molecule has 2 amide bonds. The van der Waals surface area contributed by atoms with Gasteiger partial charge in [-0.3, -0.25) is 0 Å². The van der Waals surface area contributed by atoms with E-state index in [0.29, 0.717) is 6.54 Å². The van der Waals surface area contributed by atoms with Crippen molar-refractivity contribution in [3.63, 3.8) is 0 Å². The van der Waals surface area contributed by atoms with Crippen LogP contribution in [0.3, 0.4) is 0 Å². The molecule has 108 valence electrons. The van der Waals surface area contributed by atoms with Crippen molar-refractivity contribution in [1.29, 1.82) is 0 Å². The van der Waals surface area contributed by atoms with Gasteiger partial charge in [0.1, 0.15) is 11.9 Å². The standard InChI is InChI=1S/C16H22N2O2/c1-12-6-8-18(9-7-12)16(19)17-11-14-10-13-4-2-3-5-15(13)20-14/h2-5,12,14H,6-11H2,1H3,(H,17,19). The van der Waals surface area contributed by atoms with Gasteiger partial charge in [0, 0.05) is 19.5 Å². The van der Waals surface area contributed by atoms with Crippen LogP contribution in [0.25, 0.3) is 0 Å². The molecule has 2 aliphatic heterocycles. The first-order valence-corrected chi connectivity index (χ1v) is 7.49. The van der Waals surface area contributed by atoms with Crippen LogP contribution in [0, 0.1) is 5.92 Å². The average Bonchev–Trinajstić information content (AvgIpc) is 2.88. The van der Waals surface area contributed by atoms with Crippen molar-refractivity contribution < 1.29 is 9.53 Å². The number of likely N-dealkylation sites (tertiary alicyclic amines) is 1. The molecule has 1 N–H and O–H groups in total. The van der Waals surface area contributed by atoms with Gasteiger partial charge < -0.3 is 15.0 Å². The number of amides is 2. The van der Waals surface area contributed by atoms with Gasteiger partial charge in [-0.25, -0.2) is 4.79 Å². The fourth-order valence-corrected chi connectivity index (χ4v) is 2.89. The lowest BCUT2D eigenvalue weighted by Gasteiger charge is -2.30. The van der Waals surface area contributed by atoms with Gasteiger partial charge in [-0.1, -0.05) is 25.1 Å². The summed E-state index contributed by atoms with van der Waals surface area (Å²) >= 11 is 0. The molecule has 0 aromatic heterocycles. The van der Waals surface area contributed by atoms with Gasteiger partial charge in [0.05, 0.1) is 6.54 Å². The Kier molecular flexibility index (Phi) is 3.81. The lowest BCUT2D eigenvalue weighted by atomic mass is 10.00. The summed E-state index contributed by atoms with van der Waals surface area (Å²) in [6.07, 6.45) is 3.17. The summed E-state index contributed by atoms with van der Waals surface area (Å²) in [5.74, 6) is 1.70. The van der Waals surface area contributed by atoms with Crippen LogP contribution in [0.1, 0.15) is 25.3 Å². The smallest absolute Gasteiger partial charge is 0.317 e. The van der Waals surface area contributed by atoms with E-state index >= 15 is 0 Å². The van der Waals surface area contributed by atoms with Crippen molar-refractivity contribution in [2.75, 3.05) is 19.6 Å². The second-order valence-corrected chi connectivity index (χ2v) is 5.91. The van der Waals surface area contributed by atoms with E-state index in [1.165, 1.54) is 5.56 Å². The molecule has 1 saturated heterocycles. The van der Waals surface area contributed by atoms with Crippen LogP contribution in [-0.2, 0) is 6.42 Å². The molecule has 4 heteroatoms. The quantitative estimate of drug-likeness (QED) is 0.900. The fraction of sp³-hybridized carbons (Fsp3) is 0.562. The van der Waals surface area contributed by atoms with Crippen LogP contribution in [0.2, 0.25) is 0 Å². The molecule has 0 radical (unpaired) electrons. The number of nitrogens with zero attached hydrogens (tertiary/aromatic N) is 1. The minimum Gasteiger partial charge on any atom is -0.488 e. The summed E-state index contributed by atoms with van der Waals surface area (Å²) in [7, 11) is 0. The first-order chi connectivity index (χ1) is 9.72. The summed E-state index contributed by atoms with van der Waals surface area (Å²) < 4.78 is 5.83. The number of nitrogens with one attached hydrogen (secondary N) is 1. The number of para-hydroxylation sites is 1. The molecule has 20 heavy (non-hydrogen) atoms. The number of carbonyl (C=O) groups excluding carboxylic acids is 1. The third kappa shape index (κ3) is 2.89. The second-order valence-electron chi connectivity index (χ2n) is 5.91. The highest BCUT2D eigenvalue weighted by Crippen LogP contribution is 2.27. The molecule has 1 aromatic rings. The fourth-order valence-electron chi connectivity index (χ4n) is 2.89. The molecule has 4 nitrogen and oxygen atoms in total. The first-order valence-electron chi connectivity index (χ1n) is 7.49. The lowest BCUT2D eigenvalue weighted by molar-refractivity contribution is 0.165. The summed E-state index contributed by atoms with van der Waals surface area (Å²) in [6.45, 7) is 4.58. The van der Waals surface area contributed by atoms with E-state index < -0.39 is 0 Å². The SMILES string of the molecule is CC1CCN(C(=O)NCC2Cc3ccccc3O2)CC1. The number of rotatable bonds is 2. The van der Waals surface area contributed by atoms with Crippen LogP contribution in [0.15, 0.2) is 24.3 Å². The number of benzene rings is 1. The van der Waals surface area contributed by atoms with Crippen molar-refractivity contribution in [1.82, 2.24) is 10.2 Å². The molecule has 0 saturated carbocycles. The zero-order valence-corrected chi connectivity index (χ0v) is 12.0.